The van der Waals surface area contributed by atoms with E-state index >= 15 is 0 Å². The molecule has 1 aromatic heterocycles. The maximum atomic E-state index is 12.4. The first-order valence-electron chi connectivity index (χ1n) is 9.89. The third kappa shape index (κ3) is 5.55. The molecular formula is C22H27N3O3. The Bertz CT molecular complexity index is 879. The van der Waals surface area contributed by atoms with Gasteiger partial charge in [0.15, 0.2) is 0 Å². The summed E-state index contributed by atoms with van der Waals surface area (Å²) in [6.45, 7) is 1.78. The van der Waals surface area contributed by atoms with Crippen molar-refractivity contribution in [2.45, 2.75) is 58.0 Å². The molecule has 1 aromatic carbocycles. The highest BCUT2D eigenvalue weighted by atomic mass is 16.2. The topological polar surface area (TPSA) is 80.2 Å². The second kappa shape index (κ2) is 9.35. The average Bonchev–Trinajstić information content (AvgIpc) is 2.93. The molecule has 0 atom stereocenters. The van der Waals surface area contributed by atoms with Gasteiger partial charge in [-0.15, -0.1) is 0 Å². The molecule has 0 radical (unpaired) electrons. The molecule has 1 saturated carbocycles. The van der Waals surface area contributed by atoms with E-state index in [0.29, 0.717) is 11.3 Å². The highest BCUT2D eigenvalue weighted by Gasteiger charge is 2.15. The SMILES string of the molecule is Cc1ccn(CC(=O)Nc2ccc(C(=O)NC3CCCCCC3)cc2)c(=O)c1. The number of amides is 2. The van der Waals surface area contributed by atoms with E-state index in [0.717, 1.165) is 18.4 Å². The number of anilines is 1. The van der Waals surface area contributed by atoms with E-state index in [1.165, 1.54) is 36.3 Å². The Labute approximate surface area is 165 Å². The van der Waals surface area contributed by atoms with Crippen LogP contribution in [0.25, 0.3) is 0 Å². The maximum Gasteiger partial charge on any atom is 0.251 e. The Hall–Kier alpha value is -2.89. The molecule has 6 nitrogen and oxygen atoms in total. The molecule has 6 heteroatoms. The molecule has 2 N–H and O–H groups in total. The number of nitrogens with one attached hydrogen (secondary N) is 2. The minimum atomic E-state index is -0.290. The number of nitrogens with zero attached hydrogens (tertiary/aromatic N) is 1. The number of rotatable bonds is 5. The Morgan fingerprint density at radius 3 is 2.36 bits per heavy atom. The summed E-state index contributed by atoms with van der Waals surface area (Å²) in [6, 6.07) is 10.4. The van der Waals surface area contributed by atoms with Gasteiger partial charge in [-0.05, 0) is 55.7 Å². The van der Waals surface area contributed by atoms with Crippen molar-refractivity contribution >= 4 is 17.5 Å². The summed E-state index contributed by atoms with van der Waals surface area (Å²) in [6.07, 6.45) is 8.51. The first kappa shape index (κ1) is 19.9. The molecule has 28 heavy (non-hydrogen) atoms. The van der Waals surface area contributed by atoms with Crippen LogP contribution >= 0.6 is 0 Å². The normalized spacial score (nSPS) is 14.9. The molecule has 0 unspecified atom stereocenters. The highest BCUT2D eigenvalue weighted by Crippen LogP contribution is 2.18. The predicted molar refractivity (Wildman–Crippen MR) is 109 cm³/mol. The highest BCUT2D eigenvalue weighted by molar-refractivity contribution is 5.95. The van der Waals surface area contributed by atoms with Crippen LogP contribution in [0.5, 0.6) is 0 Å². The van der Waals surface area contributed by atoms with Gasteiger partial charge in [-0.1, -0.05) is 25.7 Å². The predicted octanol–water partition coefficient (Wildman–Crippen LogP) is 3.25. The summed E-state index contributed by atoms with van der Waals surface area (Å²) in [5.74, 6) is -0.363. The lowest BCUT2D eigenvalue weighted by molar-refractivity contribution is -0.116. The third-order valence-corrected chi connectivity index (χ3v) is 5.09. The van der Waals surface area contributed by atoms with Gasteiger partial charge in [0, 0.05) is 29.6 Å². The van der Waals surface area contributed by atoms with Crippen molar-refractivity contribution in [2.75, 3.05) is 5.32 Å². The minimum Gasteiger partial charge on any atom is -0.349 e. The van der Waals surface area contributed by atoms with Gasteiger partial charge in [0.2, 0.25) is 5.91 Å². The van der Waals surface area contributed by atoms with E-state index in [1.807, 2.05) is 6.92 Å². The zero-order valence-electron chi connectivity index (χ0n) is 16.2. The van der Waals surface area contributed by atoms with Gasteiger partial charge in [0.1, 0.15) is 6.54 Å². The van der Waals surface area contributed by atoms with Gasteiger partial charge in [0.25, 0.3) is 11.5 Å². The van der Waals surface area contributed by atoms with Gasteiger partial charge in [-0.25, -0.2) is 0 Å². The number of hydrogen-bond donors (Lipinski definition) is 2. The zero-order valence-corrected chi connectivity index (χ0v) is 16.2. The summed E-state index contributed by atoms with van der Waals surface area (Å²) in [7, 11) is 0. The van der Waals surface area contributed by atoms with E-state index in [2.05, 4.69) is 10.6 Å². The minimum absolute atomic E-state index is 0.0525. The first-order valence-corrected chi connectivity index (χ1v) is 9.89. The molecule has 0 spiro atoms. The van der Waals surface area contributed by atoms with Gasteiger partial charge in [-0.2, -0.15) is 0 Å². The van der Waals surface area contributed by atoms with Gasteiger partial charge >= 0.3 is 0 Å². The Morgan fingerprint density at radius 2 is 1.71 bits per heavy atom. The lowest BCUT2D eigenvalue weighted by Gasteiger charge is -2.16. The van der Waals surface area contributed by atoms with E-state index in [9.17, 15) is 14.4 Å². The van der Waals surface area contributed by atoms with Gasteiger partial charge in [0.05, 0.1) is 0 Å². The monoisotopic (exact) mass is 381 g/mol. The summed E-state index contributed by atoms with van der Waals surface area (Å²) in [5.41, 5.74) is 1.83. The summed E-state index contributed by atoms with van der Waals surface area (Å²) < 4.78 is 1.36. The molecule has 2 aromatic rings. The van der Waals surface area contributed by atoms with Gasteiger partial charge in [-0.3, -0.25) is 14.4 Å². The Kier molecular flexibility index (Phi) is 6.63. The number of carbonyl (C=O) groups is 2. The fourth-order valence-electron chi connectivity index (χ4n) is 3.49. The number of carbonyl (C=O) groups excluding carboxylic acids is 2. The van der Waals surface area contributed by atoms with Crippen LogP contribution in [0.4, 0.5) is 5.69 Å². The lowest BCUT2D eigenvalue weighted by atomic mass is 10.1. The summed E-state index contributed by atoms with van der Waals surface area (Å²) in [4.78, 5) is 36.5. The lowest BCUT2D eigenvalue weighted by Crippen LogP contribution is -2.34. The quantitative estimate of drug-likeness (QED) is 0.780. The van der Waals surface area contributed by atoms with E-state index < -0.39 is 0 Å². The molecule has 1 aliphatic rings. The van der Waals surface area contributed by atoms with Crippen molar-refractivity contribution in [3.05, 3.63) is 64.1 Å². The van der Waals surface area contributed by atoms with Crippen LogP contribution in [-0.4, -0.2) is 22.4 Å². The Morgan fingerprint density at radius 1 is 1.04 bits per heavy atom. The number of pyridine rings is 1. The first-order chi connectivity index (χ1) is 13.5. The van der Waals surface area contributed by atoms with Gasteiger partial charge < -0.3 is 15.2 Å². The third-order valence-electron chi connectivity index (χ3n) is 5.09. The molecule has 0 aliphatic heterocycles. The fraction of sp³-hybridized carbons (Fsp3) is 0.409. The van der Waals surface area contributed by atoms with Crippen LogP contribution in [0.3, 0.4) is 0 Å². The largest absolute Gasteiger partial charge is 0.349 e. The molecule has 0 bridgehead atoms. The summed E-state index contributed by atoms with van der Waals surface area (Å²) in [5, 5.41) is 5.87. The van der Waals surface area contributed by atoms with Crippen LogP contribution in [-0.2, 0) is 11.3 Å². The van der Waals surface area contributed by atoms with Crippen LogP contribution in [0.2, 0.25) is 0 Å². The van der Waals surface area contributed by atoms with Crippen LogP contribution in [0.1, 0.15) is 54.4 Å². The maximum absolute atomic E-state index is 12.4. The van der Waals surface area contributed by atoms with E-state index in [-0.39, 0.29) is 30.0 Å². The molecule has 0 saturated heterocycles. The average molecular weight is 381 g/mol. The molecule has 2 amide bonds. The zero-order chi connectivity index (χ0) is 19.9. The van der Waals surface area contributed by atoms with Crippen molar-refractivity contribution < 1.29 is 9.59 Å². The van der Waals surface area contributed by atoms with Crippen LogP contribution in [0.15, 0.2) is 47.4 Å². The smallest absolute Gasteiger partial charge is 0.251 e. The second-order valence-electron chi connectivity index (χ2n) is 7.46. The number of benzene rings is 1. The fourth-order valence-corrected chi connectivity index (χ4v) is 3.49. The molecule has 3 rings (SSSR count). The van der Waals surface area contributed by atoms with Crippen molar-refractivity contribution in [2.24, 2.45) is 0 Å². The van der Waals surface area contributed by atoms with Crippen molar-refractivity contribution in [3.63, 3.8) is 0 Å². The van der Waals surface area contributed by atoms with Crippen molar-refractivity contribution in [1.82, 2.24) is 9.88 Å². The van der Waals surface area contributed by atoms with E-state index in [4.69, 9.17) is 0 Å². The van der Waals surface area contributed by atoms with E-state index in [1.54, 1.807) is 36.5 Å². The Balaban J connectivity index is 1.55. The molecular weight excluding hydrogens is 354 g/mol. The number of aromatic nitrogens is 1. The standard InChI is InChI=1S/C22H27N3O3/c1-16-12-13-25(21(27)14-16)15-20(26)23-19-10-8-17(9-11-19)22(28)24-18-6-4-2-3-5-7-18/h8-14,18H,2-7,15H2,1H3,(H,23,26)(H,24,28). The molecule has 1 aliphatic carbocycles. The second-order valence-corrected chi connectivity index (χ2v) is 7.46. The van der Waals surface area contributed by atoms with Crippen molar-refractivity contribution in [1.29, 1.82) is 0 Å². The molecule has 1 fully saturated rings. The molecule has 1 heterocycles. The summed E-state index contributed by atoms with van der Waals surface area (Å²) >= 11 is 0. The van der Waals surface area contributed by atoms with Crippen molar-refractivity contribution in [3.8, 4) is 0 Å². The molecule has 148 valence electrons. The van der Waals surface area contributed by atoms with Crippen LogP contribution < -0.4 is 16.2 Å². The number of aryl methyl sites for hydroxylation is 1. The number of hydrogen-bond acceptors (Lipinski definition) is 3. The van der Waals surface area contributed by atoms with Crippen LogP contribution in [0, 0.1) is 6.92 Å².